The Bertz CT molecular complexity index is 1280. The Hall–Kier alpha value is -3.16. The van der Waals surface area contributed by atoms with E-state index in [9.17, 15) is 9.18 Å². The van der Waals surface area contributed by atoms with Gasteiger partial charge in [-0.25, -0.2) is 14.2 Å². The van der Waals surface area contributed by atoms with Gasteiger partial charge in [-0.2, -0.15) is 0 Å². The van der Waals surface area contributed by atoms with Crippen molar-refractivity contribution in [1.29, 1.82) is 0 Å². The first-order valence-electron chi connectivity index (χ1n) is 10.1. The van der Waals surface area contributed by atoms with Gasteiger partial charge in [-0.1, -0.05) is 51.8 Å². The minimum absolute atomic E-state index is 0.0228. The van der Waals surface area contributed by atoms with Gasteiger partial charge in [0.05, 0.1) is 17.2 Å². The van der Waals surface area contributed by atoms with Crippen LogP contribution in [0.25, 0.3) is 6.08 Å². The molecule has 0 radical (unpaired) electrons. The molecule has 0 spiro atoms. The van der Waals surface area contributed by atoms with Crippen molar-refractivity contribution >= 4 is 45.5 Å². The summed E-state index contributed by atoms with van der Waals surface area (Å²) in [4.78, 5) is 16.5. The van der Waals surface area contributed by atoms with Crippen LogP contribution in [0.5, 0.6) is 11.5 Å². The lowest BCUT2D eigenvalue weighted by atomic mass is 10.1. The Morgan fingerprint density at radius 1 is 1.12 bits per heavy atom. The van der Waals surface area contributed by atoms with Crippen LogP contribution in [0.1, 0.15) is 23.6 Å². The second kappa shape index (κ2) is 10.2. The van der Waals surface area contributed by atoms with E-state index in [1.807, 2.05) is 31.2 Å². The fourth-order valence-electron chi connectivity index (χ4n) is 3.17. The largest absolute Gasteiger partial charge is 0.490 e. The van der Waals surface area contributed by atoms with Crippen molar-refractivity contribution < 1.29 is 23.4 Å². The van der Waals surface area contributed by atoms with Crippen LogP contribution < -0.4 is 9.47 Å². The highest BCUT2D eigenvalue weighted by Crippen LogP contribution is 2.38. The summed E-state index contributed by atoms with van der Waals surface area (Å²) in [7, 11) is 0. The number of carbonyl (C=O) groups is 1. The molecule has 0 fully saturated rings. The Morgan fingerprint density at radius 3 is 2.70 bits per heavy atom. The fourth-order valence-corrected chi connectivity index (χ4v) is 3.89. The first kappa shape index (κ1) is 23.0. The van der Waals surface area contributed by atoms with E-state index < -0.39 is 11.8 Å². The molecule has 168 valence electrons. The second-order valence-corrected chi connectivity index (χ2v) is 8.32. The van der Waals surface area contributed by atoms with Gasteiger partial charge < -0.3 is 14.2 Å². The number of hydrogen-bond donors (Lipinski definition) is 0. The van der Waals surface area contributed by atoms with Crippen LogP contribution in [0, 0.1) is 5.82 Å². The van der Waals surface area contributed by atoms with Crippen LogP contribution in [-0.2, 0) is 16.1 Å². The Balaban J connectivity index is 1.62. The smallest absolute Gasteiger partial charge is 0.363 e. The summed E-state index contributed by atoms with van der Waals surface area (Å²) in [6.07, 6.45) is 1.50. The lowest BCUT2D eigenvalue weighted by Gasteiger charge is -2.14. The SMILES string of the molecule is CCOc1cc(/C=C2\N=C(c3ccccc3F)OC2=O)cc(Cl)c1OCc1cccc(Br)c1. The number of benzene rings is 3. The van der Waals surface area contributed by atoms with Gasteiger partial charge in [0.2, 0.25) is 5.90 Å². The highest BCUT2D eigenvalue weighted by Gasteiger charge is 2.26. The van der Waals surface area contributed by atoms with E-state index >= 15 is 0 Å². The Morgan fingerprint density at radius 2 is 1.94 bits per heavy atom. The van der Waals surface area contributed by atoms with Crippen molar-refractivity contribution in [3.8, 4) is 11.5 Å². The van der Waals surface area contributed by atoms with Gasteiger partial charge in [0.25, 0.3) is 0 Å². The van der Waals surface area contributed by atoms with Gasteiger partial charge in [-0.15, -0.1) is 0 Å². The summed E-state index contributed by atoms with van der Waals surface area (Å²) in [5.41, 5.74) is 1.65. The van der Waals surface area contributed by atoms with Crippen molar-refractivity contribution in [2.75, 3.05) is 6.61 Å². The maximum atomic E-state index is 14.0. The molecule has 3 aromatic carbocycles. The minimum Gasteiger partial charge on any atom is -0.490 e. The molecule has 0 unspecified atom stereocenters. The molecule has 1 aliphatic rings. The quantitative estimate of drug-likeness (QED) is 0.256. The van der Waals surface area contributed by atoms with Crippen LogP contribution in [0.3, 0.4) is 0 Å². The number of esters is 1. The van der Waals surface area contributed by atoms with Crippen LogP contribution in [0.2, 0.25) is 5.02 Å². The van der Waals surface area contributed by atoms with Crippen LogP contribution in [0.4, 0.5) is 4.39 Å². The van der Waals surface area contributed by atoms with E-state index in [1.54, 1.807) is 24.3 Å². The number of halogens is 3. The summed E-state index contributed by atoms with van der Waals surface area (Å²) < 4.78 is 31.8. The molecule has 0 aliphatic carbocycles. The van der Waals surface area contributed by atoms with Gasteiger partial charge in [-0.3, -0.25) is 0 Å². The summed E-state index contributed by atoms with van der Waals surface area (Å²) in [5, 5.41) is 0.312. The molecule has 8 heteroatoms. The average molecular weight is 531 g/mol. The molecule has 0 atom stereocenters. The molecular weight excluding hydrogens is 513 g/mol. The molecular formula is C25H18BrClFNO4. The molecule has 1 heterocycles. The molecule has 33 heavy (non-hydrogen) atoms. The molecule has 0 amide bonds. The lowest BCUT2D eigenvalue weighted by Crippen LogP contribution is -2.07. The lowest BCUT2D eigenvalue weighted by molar-refractivity contribution is -0.129. The van der Waals surface area contributed by atoms with E-state index in [4.69, 9.17) is 25.8 Å². The van der Waals surface area contributed by atoms with Crippen LogP contribution >= 0.6 is 27.5 Å². The van der Waals surface area contributed by atoms with Crippen molar-refractivity contribution in [2.24, 2.45) is 4.99 Å². The van der Waals surface area contributed by atoms with Crippen LogP contribution in [0.15, 0.2) is 75.8 Å². The molecule has 0 saturated carbocycles. The number of carbonyl (C=O) groups excluding carboxylic acids is 1. The number of aliphatic imine (C=N–C) groups is 1. The normalized spacial score (nSPS) is 14.2. The topological polar surface area (TPSA) is 57.1 Å². The van der Waals surface area contributed by atoms with Gasteiger partial charge in [0.15, 0.2) is 17.2 Å². The number of hydrogen-bond acceptors (Lipinski definition) is 5. The van der Waals surface area contributed by atoms with Gasteiger partial charge in [0.1, 0.15) is 12.4 Å². The van der Waals surface area contributed by atoms with E-state index in [1.165, 1.54) is 18.2 Å². The fraction of sp³-hybridized carbons (Fsp3) is 0.120. The first-order chi connectivity index (χ1) is 15.9. The monoisotopic (exact) mass is 529 g/mol. The van der Waals surface area contributed by atoms with E-state index in [0.717, 1.165) is 10.0 Å². The standard InChI is InChI=1S/C25H18BrClFNO4/c1-2-31-22-13-16(11-19(27)23(22)32-14-15-6-5-7-17(26)10-15)12-21-25(30)33-24(29-21)18-8-3-4-9-20(18)28/h3-13H,2,14H2,1H3/b21-12-. The second-order valence-electron chi connectivity index (χ2n) is 7.00. The molecule has 0 N–H and O–H groups in total. The van der Waals surface area contributed by atoms with E-state index in [-0.39, 0.29) is 17.2 Å². The average Bonchev–Trinajstić information content (AvgIpc) is 3.13. The number of ether oxygens (including phenoxy) is 3. The third kappa shape index (κ3) is 5.43. The summed E-state index contributed by atoms with van der Waals surface area (Å²) in [5.74, 6) is -0.479. The highest BCUT2D eigenvalue weighted by atomic mass is 79.9. The Kier molecular flexibility index (Phi) is 7.11. The predicted octanol–water partition coefficient (Wildman–Crippen LogP) is 6.56. The van der Waals surface area contributed by atoms with Gasteiger partial charge in [0, 0.05) is 4.47 Å². The van der Waals surface area contributed by atoms with Crippen molar-refractivity contribution in [3.05, 3.63) is 98.4 Å². The van der Waals surface area contributed by atoms with Gasteiger partial charge in [-0.05, 0) is 60.5 Å². The number of nitrogens with zero attached hydrogens (tertiary/aromatic N) is 1. The molecule has 1 aliphatic heterocycles. The number of cyclic esters (lactones) is 1. The third-order valence-electron chi connectivity index (χ3n) is 4.63. The molecule has 4 rings (SSSR count). The summed E-state index contributed by atoms with van der Waals surface area (Å²) >= 11 is 9.93. The zero-order valence-corrected chi connectivity index (χ0v) is 19.8. The molecule has 5 nitrogen and oxygen atoms in total. The van der Waals surface area contributed by atoms with Crippen molar-refractivity contribution in [1.82, 2.24) is 0 Å². The zero-order valence-electron chi connectivity index (χ0n) is 17.5. The molecule has 0 aromatic heterocycles. The third-order valence-corrected chi connectivity index (χ3v) is 5.41. The number of rotatable bonds is 7. The maximum Gasteiger partial charge on any atom is 0.363 e. The minimum atomic E-state index is -0.683. The maximum absolute atomic E-state index is 14.0. The molecule has 0 bridgehead atoms. The summed E-state index contributed by atoms with van der Waals surface area (Å²) in [6.45, 7) is 2.53. The first-order valence-corrected chi connectivity index (χ1v) is 11.2. The van der Waals surface area contributed by atoms with E-state index in [0.29, 0.717) is 35.3 Å². The molecule has 0 saturated heterocycles. The molecule has 3 aromatic rings. The van der Waals surface area contributed by atoms with Crippen LogP contribution in [-0.4, -0.2) is 18.5 Å². The highest BCUT2D eigenvalue weighted by molar-refractivity contribution is 9.10. The summed E-state index contributed by atoms with van der Waals surface area (Å²) in [6, 6.07) is 17.0. The van der Waals surface area contributed by atoms with Crippen molar-refractivity contribution in [2.45, 2.75) is 13.5 Å². The van der Waals surface area contributed by atoms with Crippen molar-refractivity contribution in [3.63, 3.8) is 0 Å². The predicted molar refractivity (Wildman–Crippen MR) is 128 cm³/mol. The zero-order chi connectivity index (χ0) is 23.4. The van der Waals surface area contributed by atoms with Gasteiger partial charge >= 0.3 is 5.97 Å². The Labute approximate surface area is 203 Å². The van der Waals surface area contributed by atoms with E-state index in [2.05, 4.69) is 20.9 Å².